The third-order valence-electron chi connectivity index (χ3n) is 4.90. The normalized spacial score (nSPS) is 17.7. The molecule has 1 aliphatic heterocycles. The van der Waals surface area contributed by atoms with Gasteiger partial charge in [-0.2, -0.15) is 4.31 Å². The summed E-state index contributed by atoms with van der Waals surface area (Å²) in [7, 11) is -2.18. The molecule has 1 unspecified atom stereocenters. The largest absolute Gasteiger partial charge is 0.495 e. The van der Waals surface area contributed by atoms with Gasteiger partial charge in [0, 0.05) is 18.0 Å². The Morgan fingerprint density at radius 3 is 2.75 bits per heavy atom. The number of aryl methyl sites for hydroxylation is 1. The predicted molar refractivity (Wildman–Crippen MR) is 107 cm³/mol. The molecule has 146 valence electrons. The van der Waals surface area contributed by atoms with Gasteiger partial charge in [0.25, 0.3) is 0 Å². The fraction of sp³-hybridized carbons (Fsp3) is 0.286. The number of para-hydroxylation sites is 1. The Morgan fingerprint density at radius 1 is 1.11 bits per heavy atom. The van der Waals surface area contributed by atoms with Gasteiger partial charge in [0.1, 0.15) is 16.7 Å². The van der Waals surface area contributed by atoms with Crippen molar-refractivity contribution in [1.82, 2.24) is 9.29 Å². The molecule has 0 bridgehead atoms. The molecule has 1 aromatic heterocycles. The summed E-state index contributed by atoms with van der Waals surface area (Å²) in [5.41, 5.74) is 1.72. The van der Waals surface area contributed by atoms with Crippen molar-refractivity contribution in [3.63, 3.8) is 0 Å². The van der Waals surface area contributed by atoms with Gasteiger partial charge in [-0.25, -0.2) is 13.4 Å². The van der Waals surface area contributed by atoms with E-state index in [4.69, 9.17) is 9.47 Å². The van der Waals surface area contributed by atoms with Gasteiger partial charge in [0.2, 0.25) is 15.9 Å². The van der Waals surface area contributed by atoms with E-state index in [1.165, 1.54) is 11.4 Å². The molecule has 1 aliphatic rings. The number of nitrogens with zero attached hydrogens (tertiary/aromatic N) is 2. The van der Waals surface area contributed by atoms with E-state index in [1.807, 2.05) is 49.4 Å². The number of methoxy groups -OCH3 is 1. The number of pyridine rings is 1. The van der Waals surface area contributed by atoms with Crippen LogP contribution in [0.2, 0.25) is 0 Å². The third kappa shape index (κ3) is 3.55. The molecule has 28 heavy (non-hydrogen) atoms. The van der Waals surface area contributed by atoms with E-state index in [0.29, 0.717) is 24.6 Å². The summed E-state index contributed by atoms with van der Waals surface area (Å²) < 4.78 is 38.9. The minimum atomic E-state index is -3.66. The van der Waals surface area contributed by atoms with Crippen molar-refractivity contribution in [3.05, 3.63) is 60.2 Å². The van der Waals surface area contributed by atoms with Crippen LogP contribution in [-0.2, 0) is 10.0 Å². The molecule has 7 heteroatoms. The first-order chi connectivity index (χ1) is 13.5. The van der Waals surface area contributed by atoms with Gasteiger partial charge in [0.15, 0.2) is 0 Å². The summed E-state index contributed by atoms with van der Waals surface area (Å²) in [5, 5.41) is 1.04. The van der Waals surface area contributed by atoms with Crippen LogP contribution < -0.4 is 9.47 Å². The molecule has 0 saturated carbocycles. The Labute approximate surface area is 164 Å². The van der Waals surface area contributed by atoms with Gasteiger partial charge < -0.3 is 9.47 Å². The molecule has 0 aliphatic carbocycles. The van der Waals surface area contributed by atoms with Crippen LogP contribution in [0.15, 0.2) is 59.5 Å². The van der Waals surface area contributed by atoms with Crippen LogP contribution in [0.25, 0.3) is 10.9 Å². The Balaban J connectivity index is 1.52. The van der Waals surface area contributed by atoms with Gasteiger partial charge in [-0.15, -0.1) is 0 Å². The van der Waals surface area contributed by atoms with Gasteiger partial charge in [-0.05, 0) is 43.2 Å². The molecule has 1 saturated heterocycles. The highest BCUT2D eigenvalue weighted by Gasteiger charge is 2.35. The molecule has 0 spiro atoms. The van der Waals surface area contributed by atoms with Crippen LogP contribution >= 0.6 is 0 Å². The van der Waals surface area contributed by atoms with Gasteiger partial charge >= 0.3 is 0 Å². The standard InChI is InChI=1S/C21H22N2O4S/c1-15-7-9-19(26-2)20(13-15)28(24,25)23-12-11-17(14-23)27-21-10-8-16-5-3-4-6-18(16)22-21/h3-10,13,17H,11-12,14H2,1-2H3. The molecule has 2 heterocycles. The summed E-state index contributed by atoms with van der Waals surface area (Å²) in [6.45, 7) is 2.55. The number of fused-ring (bicyclic) bond motifs is 1. The van der Waals surface area contributed by atoms with Crippen LogP contribution in [-0.4, -0.2) is 44.0 Å². The first-order valence-electron chi connectivity index (χ1n) is 9.14. The maximum atomic E-state index is 13.1. The lowest BCUT2D eigenvalue weighted by atomic mass is 10.2. The molecular formula is C21H22N2O4S. The van der Waals surface area contributed by atoms with Crippen molar-refractivity contribution in [2.45, 2.75) is 24.3 Å². The Morgan fingerprint density at radius 2 is 1.93 bits per heavy atom. The fourth-order valence-electron chi connectivity index (χ4n) is 3.42. The van der Waals surface area contributed by atoms with Gasteiger partial charge in [-0.3, -0.25) is 0 Å². The van der Waals surface area contributed by atoms with E-state index in [-0.39, 0.29) is 17.5 Å². The highest BCUT2D eigenvalue weighted by atomic mass is 32.2. The molecule has 1 fully saturated rings. The van der Waals surface area contributed by atoms with Crippen molar-refractivity contribution in [1.29, 1.82) is 0 Å². The van der Waals surface area contributed by atoms with Crippen molar-refractivity contribution in [3.8, 4) is 11.6 Å². The van der Waals surface area contributed by atoms with E-state index >= 15 is 0 Å². The SMILES string of the molecule is COc1ccc(C)cc1S(=O)(=O)N1CCC(Oc2ccc3ccccc3n2)C1. The lowest BCUT2D eigenvalue weighted by Gasteiger charge is -2.19. The Kier molecular flexibility index (Phi) is 4.95. The molecule has 6 nitrogen and oxygen atoms in total. The zero-order valence-corrected chi connectivity index (χ0v) is 16.6. The molecule has 0 amide bonds. The summed E-state index contributed by atoms with van der Waals surface area (Å²) in [6, 6.07) is 16.8. The van der Waals surface area contributed by atoms with E-state index < -0.39 is 10.0 Å². The van der Waals surface area contributed by atoms with Gasteiger partial charge in [-0.1, -0.05) is 24.3 Å². The zero-order chi connectivity index (χ0) is 19.7. The molecular weight excluding hydrogens is 376 g/mol. The lowest BCUT2D eigenvalue weighted by Crippen LogP contribution is -2.31. The number of ether oxygens (including phenoxy) is 2. The smallest absolute Gasteiger partial charge is 0.246 e. The average molecular weight is 398 g/mol. The highest BCUT2D eigenvalue weighted by molar-refractivity contribution is 7.89. The highest BCUT2D eigenvalue weighted by Crippen LogP contribution is 2.30. The van der Waals surface area contributed by atoms with Crippen molar-refractivity contribution < 1.29 is 17.9 Å². The second kappa shape index (κ2) is 7.41. The van der Waals surface area contributed by atoms with E-state index in [9.17, 15) is 8.42 Å². The van der Waals surface area contributed by atoms with Crippen molar-refractivity contribution in [2.75, 3.05) is 20.2 Å². The quantitative estimate of drug-likeness (QED) is 0.659. The van der Waals surface area contributed by atoms with Crippen LogP contribution in [0.1, 0.15) is 12.0 Å². The second-order valence-electron chi connectivity index (χ2n) is 6.89. The molecule has 1 atom stereocenters. The van der Waals surface area contributed by atoms with E-state index in [1.54, 1.807) is 12.1 Å². The van der Waals surface area contributed by atoms with Crippen LogP contribution in [0.5, 0.6) is 11.6 Å². The Bertz CT molecular complexity index is 1110. The maximum Gasteiger partial charge on any atom is 0.246 e. The predicted octanol–water partition coefficient (Wildman–Crippen LogP) is 3.39. The Hall–Kier alpha value is -2.64. The minimum absolute atomic E-state index is 0.194. The van der Waals surface area contributed by atoms with Crippen LogP contribution in [0.4, 0.5) is 0 Å². The first kappa shape index (κ1) is 18.7. The minimum Gasteiger partial charge on any atom is -0.495 e. The number of aromatic nitrogens is 1. The summed E-state index contributed by atoms with van der Waals surface area (Å²) >= 11 is 0. The van der Waals surface area contributed by atoms with Crippen molar-refractivity contribution >= 4 is 20.9 Å². The molecule has 2 aromatic carbocycles. The number of rotatable bonds is 5. The molecule has 0 radical (unpaired) electrons. The summed E-state index contributed by atoms with van der Waals surface area (Å²) in [5.74, 6) is 0.863. The van der Waals surface area contributed by atoms with Gasteiger partial charge in [0.05, 0.1) is 19.2 Å². The summed E-state index contributed by atoms with van der Waals surface area (Å²) in [4.78, 5) is 4.71. The first-order valence-corrected chi connectivity index (χ1v) is 10.6. The average Bonchev–Trinajstić information content (AvgIpc) is 3.17. The topological polar surface area (TPSA) is 68.7 Å². The molecule has 0 N–H and O–H groups in total. The number of hydrogen-bond acceptors (Lipinski definition) is 5. The zero-order valence-electron chi connectivity index (χ0n) is 15.8. The molecule has 4 rings (SSSR count). The fourth-order valence-corrected chi connectivity index (χ4v) is 5.15. The number of benzene rings is 2. The van der Waals surface area contributed by atoms with Crippen LogP contribution in [0.3, 0.4) is 0 Å². The van der Waals surface area contributed by atoms with Crippen molar-refractivity contribution in [2.24, 2.45) is 0 Å². The molecule has 3 aromatic rings. The number of sulfonamides is 1. The van der Waals surface area contributed by atoms with E-state index in [2.05, 4.69) is 4.98 Å². The van der Waals surface area contributed by atoms with E-state index in [0.717, 1.165) is 16.5 Å². The number of hydrogen-bond donors (Lipinski definition) is 0. The monoisotopic (exact) mass is 398 g/mol. The second-order valence-corrected chi connectivity index (χ2v) is 8.79. The summed E-state index contributed by atoms with van der Waals surface area (Å²) in [6.07, 6.45) is 0.376. The lowest BCUT2D eigenvalue weighted by molar-refractivity contribution is 0.207. The third-order valence-corrected chi connectivity index (χ3v) is 6.79. The van der Waals surface area contributed by atoms with Crippen LogP contribution in [0, 0.1) is 6.92 Å². The maximum absolute atomic E-state index is 13.1.